The van der Waals surface area contributed by atoms with Crippen LogP contribution in [0, 0.1) is 16.7 Å². The SMILES string of the molecule is COCCNCc1ccccc1OCCCC(C)(C)C#N. The highest BCUT2D eigenvalue weighted by Crippen LogP contribution is 2.22. The Labute approximate surface area is 128 Å². The molecule has 0 bridgehead atoms. The molecule has 116 valence electrons. The predicted octanol–water partition coefficient (Wildman–Crippen LogP) is 3.13. The number of ether oxygens (including phenoxy) is 2. The van der Waals surface area contributed by atoms with Gasteiger partial charge in [-0.2, -0.15) is 5.26 Å². The largest absolute Gasteiger partial charge is 0.493 e. The van der Waals surface area contributed by atoms with Crippen molar-refractivity contribution in [1.29, 1.82) is 5.26 Å². The van der Waals surface area contributed by atoms with E-state index < -0.39 is 0 Å². The van der Waals surface area contributed by atoms with Crippen molar-refractivity contribution in [1.82, 2.24) is 5.32 Å². The van der Waals surface area contributed by atoms with Crippen molar-refractivity contribution in [3.63, 3.8) is 0 Å². The average Bonchev–Trinajstić information content (AvgIpc) is 2.49. The Bertz CT molecular complexity index is 452. The van der Waals surface area contributed by atoms with Crippen molar-refractivity contribution in [2.24, 2.45) is 5.41 Å². The van der Waals surface area contributed by atoms with E-state index in [9.17, 15) is 0 Å². The van der Waals surface area contributed by atoms with Crippen LogP contribution in [0.5, 0.6) is 5.75 Å². The first-order chi connectivity index (χ1) is 10.1. The zero-order valence-electron chi connectivity index (χ0n) is 13.3. The van der Waals surface area contributed by atoms with Crippen LogP contribution in [0.25, 0.3) is 0 Å². The van der Waals surface area contributed by atoms with E-state index in [1.807, 2.05) is 32.0 Å². The predicted molar refractivity (Wildman–Crippen MR) is 84.1 cm³/mol. The number of hydrogen-bond acceptors (Lipinski definition) is 4. The molecule has 4 heteroatoms. The summed E-state index contributed by atoms with van der Waals surface area (Å²) in [6.07, 6.45) is 1.73. The minimum absolute atomic E-state index is 0.273. The van der Waals surface area contributed by atoms with Gasteiger partial charge in [-0.15, -0.1) is 0 Å². The third-order valence-corrected chi connectivity index (χ3v) is 3.28. The van der Waals surface area contributed by atoms with Crippen LogP contribution in [-0.2, 0) is 11.3 Å². The molecule has 0 radical (unpaired) electrons. The summed E-state index contributed by atoms with van der Waals surface area (Å²) in [6.45, 7) is 6.85. The van der Waals surface area contributed by atoms with E-state index in [4.69, 9.17) is 14.7 Å². The van der Waals surface area contributed by atoms with Gasteiger partial charge in [0.05, 0.1) is 24.7 Å². The van der Waals surface area contributed by atoms with E-state index in [1.54, 1.807) is 7.11 Å². The van der Waals surface area contributed by atoms with Crippen LogP contribution in [0.1, 0.15) is 32.3 Å². The summed E-state index contributed by atoms with van der Waals surface area (Å²) in [5.74, 6) is 0.914. The number of methoxy groups -OCH3 is 1. The molecule has 0 aromatic heterocycles. The third kappa shape index (κ3) is 7.12. The number of nitrogens with one attached hydrogen (secondary N) is 1. The van der Waals surface area contributed by atoms with E-state index in [1.165, 1.54) is 0 Å². The van der Waals surface area contributed by atoms with E-state index in [-0.39, 0.29) is 5.41 Å². The number of hydrogen-bond donors (Lipinski definition) is 1. The summed E-state index contributed by atoms with van der Waals surface area (Å²) in [6, 6.07) is 10.4. The molecule has 0 fully saturated rings. The van der Waals surface area contributed by atoms with Gasteiger partial charge in [-0.1, -0.05) is 18.2 Å². The molecule has 0 aliphatic rings. The van der Waals surface area contributed by atoms with Crippen molar-refractivity contribution in [2.75, 3.05) is 26.9 Å². The van der Waals surface area contributed by atoms with Crippen molar-refractivity contribution in [3.8, 4) is 11.8 Å². The Morgan fingerprint density at radius 2 is 2.00 bits per heavy atom. The van der Waals surface area contributed by atoms with Crippen LogP contribution < -0.4 is 10.1 Å². The Balaban J connectivity index is 2.39. The lowest BCUT2D eigenvalue weighted by atomic mass is 9.90. The molecule has 0 amide bonds. The molecule has 21 heavy (non-hydrogen) atoms. The maximum absolute atomic E-state index is 8.99. The Morgan fingerprint density at radius 1 is 1.24 bits per heavy atom. The first kappa shape index (κ1) is 17.5. The molecule has 1 rings (SSSR count). The summed E-state index contributed by atoms with van der Waals surface area (Å²) >= 11 is 0. The first-order valence-corrected chi connectivity index (χ1v) is 7.40. The Morgan fingerprint density at radius 3 is 2.71 bits per heavy atom. The van der Waals surface area contributed by atoms with Gasteiger partial charge >= 0.3 is 0 Å². The van der Waals surface area contributed by atoms with Gasteiger partial charge in [0.15, 0.2) is 0 Å². The van der Waals surface area contributed by atoms with Gasteiger partial charge in [0.2, 0.25) is 0 Å². The van der Waals surface area contributed by atoms with Gasteiger partial charge in [-0.3, -0.25) is 0 Å². The van der Waals surface area contributed by atoms with E-state index in [2.05, 4.69) is 17.5 Å². The zero-order chi connectivity index (χ0) is 15.6. The van der Waals surface area contributed by atoms with Crippen LogP contribution in [0.15, 0.2) is 24.3 Å². The molecule has 0 saturated heterocycles. The Hall–Kier alpha value is -1.57. The second-order valence-corrected chi connectivity index (χ2v) is 5.73. The summed E-state index contributed by atoms with van der Waals surface area (Å²) in [7, 11) is 1.70. The molecule has 0 heterocycles. The molecule has 0 unspecified atom stereocenters. The topological polar surface area (TPSA) is 54.3 Å². The molecule has 1 N–H and O–H groups in total. The zero-order valence-corrected chi connectivity index (χ0v) is 13.3. The lowest BCUT2D eigenvalue weighted by molar-refractivity contribution is 0.199. The van der Waals surface area contributed by atoms with Crippen molar-refractivity contribution < 1.29 is 9.47 Å². The summed E-state index contributed by atoms with van der Waals surface area (Å²) in [4.78, 5) is 0. The normalized spacial score (nSPS) is 11.1. The smallest absolute Gasteiger partial charge is 0.123 e. The molecular weight excluding hydrogens is 264 g/mol. The highest BCUT2D eigenvalue weighted by molar-refractivity contribution is 5.33. The molecular formula is C17H26N2O2. The molecule has 0 aliphatic heterocycles. The van der Waals surface area contributed by atoms with Gasteiger partial charge < -0.3 is 14.8 Å². The van der Waals surface area contributed by atoms with Crippen molar-refractivity contribution in [3.05, 3.63) is 29.8 Å². The summed E-state index contributed by atoms with van der Waals surface area (Å²) < 4.78 is 10.9. The second-order valence-electron chi connectivity index (χ2n) is 5.73. The van der Waals surface area contributed by atoms with E-state index in [0.29, 0.717) is 13.2 Å². The standard InChI is InChI=1S/C17H26N2O2/c1-17(2,14-18)9-6-11-21-16-8-5-4-7-15(16)13-19-10-12-20-3/h4-5,7-8,19H,6,9-13H2,1-3H3. The average molecular weight is 290 g/mol. The third-order valence-electron chi connectivity index (χ3n) is 3.28. The number of nitriles is 1. The highest BCUT2D eigenvalue weighted by Gasteiger charge is 2.15. The fourth-order valence-corrected chi connectivity index (χ4v) is 1.94. The van der Waals surface area contributed by atoms with Crippen LogP contribution >= 0.6 is 0 Å². The van der Waals surface area contributed by atoms with Gasteiger partial charge in [-0.05, 0) is 32.8 Å². The lowest BCUT2D eigenvalue weighted by Crippen LogP contribution is -2.19. The first-order valence-electron chi connectivity index (χ1n) is 7.40. The van der Waals surface area contributed by atoms with Gasteiger partial charge in [0.1, 0.15) is 5.75 Å². The van der Waals surface area contributed by atoms with Gasteiger partial charge in [0.25, 0.3) is 0 Å². The fourth-order valence-electron chi connectivity index (χ4n) is 1.94. The van der Waals surface area contributed by atoms with Crippen molar-refractivity contribution in [2.45, 2.75) is 33.2 Å². The fraction of sp³-hybridized carbons (Fsp3) is 0.588. The van der Waals surface area contributed by atoms with Crippen LogP contribution in [0.2, 0.25) is 0 Å². The number of para-hydroxylation sites is 1. The van der Waals surface area contributed by atoms with E-state index in [0.717, 1.165) is 37.2 Å². The molecule has 0 aliphatic carbocycles. The maximum Gasteiger partial charge on any atom is 0.123 e. The van der Waals surface area contributed by atoms with Crippen LogP contribution in [-0.4, -0.2) is 26.9 Å². The quantitative estimate of drug-likeness (QED) is 0.673. The second kappa shape index (κ2) is 9.38. The maximum atomic E-state index is 8.99. The minimum atomic E-state index is -0.273. The van der Waals surface area contributed by atoms with E-state index >= 15 is 0 Å². The minimum Gasteiger partial charge on any atom is -0.493 e. The number of benzene rings is 1. The summed E-state index contributed by atoms with van der Waals surface area (Å²) in [5.41, 5.74) is 0.873. The molecule has 0 spiro atoms. The van der Waals surface area contributed by atoms with Gasteiger partial charge in [0, 0.05) is 25.8 Å². The Kier molecular flexibility index (Phi) is 7.81. The molecule has 0 atom stereocenters. The monoisotopic (exact) mass is 290 g/mol. The molecule has 4 nitrogen and oxygen atoms in total. The number of nitrogens with zero attached hydrogens (tertiary/aromatic N) is 1. The molecule has 1 aromatic rings. The molecule has 0 saturated carbocycles. The summed E-state index contributed by atoms with van der Waals surface area (Å²) in [5, 5.41) is 12.3. The van der Waals surface area contributed by atoms with Gasteiger partial charge in [-0.25, -0.2) is 0 Å². The van der Waals surface area contributed by atoms with Crippen LogP contribution in [0.4, 0.5) is 0 Å². The highest BCUT2D eigenvalue weighted by atomic mass is 16.5. The van der Waals surface area contributed by atoms with Crippen LogP contribution in [0.3, 0.4) is 0 Å². The van der Waals surface area contributed by atoms with Crippen molar-refractivity contribution >= 4 is 0 Å². The number of rotatable bonds is 10. The molecule has 1 aromatic carbocycles. The lowest BCUT2D eigenvalue weighted by Gasteiger charge is -2.16.